The fourth-order valence-corrected chi connectivity index (χ4v) is 1.96. The summed E-state index contributed by atoms with van der Waals surface area (Å²) in [6, 6.07) is 8.06. The zero-order chi connectivity index (χ0) is 17.9. The number of amides is 2. The summed E-state index contributed by atoms with van der Waals surface area (Å²) >= 11 is 0. The van der Waals surface area contributed by atoms with Gasteiger partial charge in [-0.25, -0.2) is 4.39 Å². The van der Waals surface area contributed by atoms with Gasteiger partial charge in [-0.2, -0.15) is 13.2 Å². The fraction of sp³-hybridized carbons (Fsp3) is 0.125. The van der Waals surface area contributed by atoms with E-state index in [4.69, 9.17) is 0 Å². The van der Waals surface area contributed by atoms with Gasteiger partial charge in [-0.05, 0) is 36.4 Å². The molecule has 0 aliphatic rings. The number of rotatable bonds is 3. The lowest BCUT2D eigenvalue weighted by Gasteiger charge is -2.11. The highest BCUT2D eigenvalue weighted by atomic mass is 19.4. The summed E-state index contributed by atoms with van der Waals surface area (Å²) in [7, 11) is 0. The normalized spacial score (nSPS) is 11.0. The Morgan fingerprint density at radius 2 is 1.58 bits per heavy atom. The number of anilines is 2. The summed E-state index contributed by atoms with van der Waals surface area (Å²) in [5.74, 6) is -2.60. The predicted octanol–water partition coefficient (Wildman–Crippen LogP) is 4.06. The van der Waals surface area contributed by atoms with Crippen molar-refractivity contribution >= 4 is 23.2 Å². The summed E-state index contributed by atoms with van der Waals surface area (Å²) in [6.07, 6.45) is -4.90. The first-order valence-electron chi connectivity index (χ1n) is 6.72. The molecule has 8 heteroatoms. The molecule has 0 radical (unpaired) electrons. The maximum absolute atomic E-state index is 13.2. The maximum atomic E-state index is 13.2. The van der Waals surface area contributed by atoms with Crippen LogP contribution in [0.3, 0.4) is 0 Å². The van der Waals surface area contributed by atoms with E-state index in [0.717, 1.165) is 6.07 Å². The third-order valence-electron chi connectivity index (χ3n) is 2.97. The molecule has 2 aromatic rings. The molecule has 0 bridgehead atoms. The van der Waals surface area contributed by atoms with Crippen LogP contribution in [0.5, 0.6) is 0 Å². The number of carbonyl (C=O) groups is 2. The van der Waals surface area contributed by atoms with Gasteiger partial charge >= 0.3 is 6.18 Å². The van der Waals surface area contributed by atoms with Crippen molar-refractivity contribution in [3.05, 3.63) is 59.4 Å². The van der Waals surface area contributed by atoms with Crippen LogP contribution in [0.25, 0.3) is 0 Å². The van der Waals surface area contributed by atoms with E-state index in [2.05, 4.69) is 10.6 Å². The van der Waals surface area contributed by atoms with Crippen molar-refractivity contribution in [3.8, 4) is 0 Å². The lowest BCUT2D eigenvalue weighted by molar-refractivity contribution is -0.140. The van der Waals surface area contributed by atoms with E-state index in [0.29, 0.717) is 17.8 Å². The van der Waals surface area contributed by atoms with E-state index in [9.17, 15) is 27.2 Å². The van der Waals surface area contributed by atoms with E-state index in [1.807, 2.05) is 0 Å². The quantitative estimate of drug-likeness (QED) is 0.828. The first kappa shape index (κ1) is 17.5. The van der Waals surface area contributed by atoms with E-state index in [1.165, 1.54) is 19.1 Å². The van der Waals surface area contributed by atoms with Gasteiger partial charge in [0.2, 0.25) is 5.91 Å². The summed E-state index contributed by atoms with van der Waals surface area (Å²) < 4.78 is 51.3. The average molecular weight is 340 g/mol. The van der Waals surface area contributed by atoms with Crippen LogP contribution in [-0.2, 0) is 11.0 Å². The van der Waals surface area contributed by atoms with Crippen molar-refractivity contribution in [3.63, 3.8) is 0 Å². The monoisotopic (exact) mass is 340 g/mol. The van der Waals surface area contributed by atoms with E-state index in [-0.39, 0.29) is 17.2 Å². The van der Waals surface area contributed by atoms with Gasteiger partial charge in [0, 0.05) is 23.9 Å². The second-order valence-corrected chi connectivity index (χ2v) is 4.91. The molecular weight excluding hydrogens is 328 g/mol. The lowest BCUT2D eigenvalue weighted by atomic mass is 10.1. The second-order valence-electron chi connectivity index (χ2n) is 4.91. The lowest BCUT2D eigenvalue weighted by Crippen LogP contribution is -2.15. The summed E-state index contributed by atoms with van der Waals surface area (Å²) in [5.41, 5.74) is -1.17. The van der Waals surface area contributed by atoms with Gasteiger partial charge in [0.1, 0.15) is 5.82 Å². The summed E-state index contributed by atoms with van der Waals surface area (Å²) in [5, 5.41) is 4.90. The smallest absolute Gasteiger partial charge is 0.326 e. The Bertz CT molecular complexity index is 788. The molecule has 4 nitrogen and oxygen atoms in total. The average Bonchev–Trinajstić information content (AvgIpc) is 2.46. The van der Waals surface area contributed by atoms with Crippen LogP contribution in [-0.4, -0.2) is 11.8 Å². The number of carbonyl (C=O) groups excluding carboxylic acids is 2. The van der Waals surface area contributed by atoms with Crippen molar-refractivity contribution in [1.29, 1.82) is 0 Å². The first-order chi connectivity index (χ1) is 11.2. The molecule has 2 amide bonds. The van der Waals surface area contributed by atoms with Gasteiger partial charge in [-0.3, -0.25) is 9.59 Å². The molecule has 0 atom stereocenters. The molecular formula is C16H12F4N2O2. The van der Waals surface area contributed by atoms with Gasteiger partial charge < -0.3 is 10.6 Å². The van der Waals surface area contributed by atoms with Gasteiger partial charge in [0.15, 0.2) is 0 Å². The molecule has 2 N–H and O–H groups in total. The molecule has 0 aliphatic heterocycles. The summed E-state index contributed by atoms with van der Waals surface area (Å²) in [4.78, 5) is 23.0. The molecule has 24 heavy (non-hydrogen) atoms. The van der Waals surface area contributed by atoms with Crippen molar-refractivity contribution in [2.75, 3.05) is 10.6 Å². The molecule has 0 spiro atoms. The number of benzene rings is 2. The minimum Gasteiger partial charge on any atom is -0.326 e. The third-order valence-corrected chi connectivity index (χ3v) is 2.97. The Balaban J connectivity index is 2.23. The predicted molar refractivity (Wildman–Crippen MR) is 80.1 cm³/mol. The molecule has 0 saturated heterocycles. The fourth-order valence-electron chi connectivity index (χ4n) is 1.96. The van der Waals surface area contributed by atoms with Crippen LogP contribution in [0.2, 0.25) is 0 Å². The minimum atomic E-state index is -4.90. The Hall–Kier alpha value is -2.90. The second kappa shape index (κ2) is 6.69. The Kier molecular flexibility index (Phi) is 4.87. The number of nitrogens with one attached hydrogen (secondary N) is 2. The topological polar surface area (TPSA) is 58.2 Å². The molecule has 0 aliphatic carbocycles. The number of hydrogen-bond acceptors (Lipinski definition) is 2. The van der Waals surface area contributed by atoms with Crippen LogP contribution >= 0.6 is 0 Å². The maximum Gasteiger partial charge on any atom is 0.419 e. The van der Waals surface area contributed by atoms with E-state index in [1.54, 1.807) is 12.1 Å². The minimum absolute atomic E-state index is 0.268. The van der Waals surface area contributed by atoms with Crippen molar-refractivity contribution < 1.29 is 27.2 Å². The highest BCUT2D eigenvalue weighted by Gasteiger charge is 2.34. The standard InChI is InChI=1S/C16H12F4N2O2/c1-9(23)21-11-3-2-4-12(8-11)22-15(24)10-5-6-14(17)13(7-10)16(18,19)20/h2-8H,1H3,(H,21,23)(H,22,24). The van der Waals surface area contributed by atoms with E-state index >= 15 is 0 Å². The third kappa shape index (κ3) is 4.31. The summed E-state index contributed by atoms with van der Waals surface area (Å²) in [6.45, 7) is 1.31. The molecule has 0 fully saturated rings. The van der Waals surface area contributed by atoms with Crippen LogP contribution in [0.15, 0.2) is 42.5 Å². The number of halogens is 4. The van der Waals surface area contributed by atoms with E-state index < -0.39 is 23.5 Å². The van der Waals surface area contributed by atoms with Crippen LogP contribution in [0, 0.1) is 5.82 Å². The van der Waals surface area contributed by atoms with Gasteiger partial charge in [0.05, 0.1) is 5.56 Å². The van der Waals surface area contributed by atoms with Crippen molar-refractivity contribution in [2.24, 2.45) is 0 Å². The van der Waals surface area contributed by atoms with Gasteiger partial charge in [-0.1, -0.05) is 6.07 Å². The molecule has 0 heterocycles. The molecule has 0 aromatic heterocycles. The number of hydrogen-bond donors (Lipinski definition) is 2. The van der Waals surface area contributed by atoms with Crippen LogP contribution in [0.4, 0.5) is 28.9 Å². The highest BCUT2D eigenvalue weighted by molar-refractivity contribution is 6.04. The largest absolute Gasteiger partial charge is 0.419 e. The first-order valence-corrected chi connectivity index (χ1v) is 6.72. The van der Waals surface area contributed by atoms with Crippen LogP contribution < -0.4 is 10.6 Å². The SMILES string of the molecule is CC(=O)Nc1cccc(NC(=O)c2ccc(F)c(C(F)(F)F)c2)c1. The molecule has 2 rings (SSSR count). The van der Waals surface area contributed by atoms with Crippen molar-refractivity contribution in [2.45, 2.75) is 13.1 Å². The highest BCUT2D eigenvalue weighted by Crippen LogP contribution is 2.32. The van der Waals surface area contributed by atoms with Gasteiger partial charge in [-0.15, -0.1) is 0 Å². The van der Waals surface area contributed by atoms with Crippen LogP contribution in [0.1, 0.15) is 22.8 Å². The molecule has 0 saturated carbocycles. The molecule has 0 unspecified atom stereocenters. The Morgan fingerprint density at radius 1 is 0.958 bits per heavy atom. The Labute approximate surface area is 134 Å². The zero-order valence-corrected chi connectivity index (χ0v) is 12.4. The van der Waals surface area contributed by atoms with Gasteiger partial charge in [0.25, 0.3) is 5.91 Å². The Morgan fingerprint density at radius 3 is 2.17 bits per heavy atom. The van der Waals surface area contributed by atoms with Crippen molar-refractivity contribution in [1.82, 2.24) is 0 Å². The molecule has 2 aromatic carbocycles. The molecule has 126 valence electrons. The number of alkyl halides is 3. The zero-order valence-electron chi connectivity index (χ0n) is 12.4.